The molecule has 158 valence electrons. The van der Waals surface area contributed by atoms with Gasteiger partial charge in [-0.05, 0) is 50.2 Å². The molecule has 3 rings (SSSR count). The Morgan fingerprint density at radius 1 is 1.13 bits per heavy atom. The topological polar surface area (TPSA) is 87.0 Å². The van der Waals surface area contributed by atoms with E-state index in [1.165, 1.54) is 25.3 Å². The van der Waals surface area contributed by atoms with E-state index in [0.717, 1.165) is 0 Å². The number of aryl methyl sites for hydroxylation is 1. The van der Waals surface area contributed by atoms with Gasteiger partial charge < -0.3 is 23.9 Å². The molecule has 0 unspecified atom stereocenters. The predicted octanol–water partition coefficient (Wildman–Crippen LogP) is 3.93. The van der Waals surface area contributed by atoms with E-state index >= 15 is 0 Å². The van der Waals surface area contributed by atoms with Crippen LogP contribution in [0.5, 0.6) is 11.5 Å². The number of furan rings is 1. The number of benzene rings is 2. The molecule has 7 nitrogen and oxygen atoms in total. The van der Waals surface area contributed by atoms with Crippen LogP contribution in [0.1, 0.15) is 34.6 Å². The van der Waals surface area contributed by atoms with Gasteiger partial charge in [-0.1, -0.05) is 0 Å². The minimum atomic E-state index is -0.800. The molecule has 1 N–H and O–H groups in total. The van der Waals surface area contributed by atoms with Crippen LogP contribution in [-0.2, 0) is 9.53 Å². The summed E-state index contributed by atoms with van der Waals surface area (Å²) in [5.74, 6) is -0.592. The molecule has 1 amide bonds. The zero-order valence-corrected chi connectivity index (χ0v) is 17.1. The number of carbonyl (C=O) groups excluding carboxylic acids is 2. The summed E-state index contributed by atoms with van der Waals surface area (Å²) in [6.45, 7) is 2.90. The highest BCUT2D eigenvalue weighted by Crippen LogP contribution is 2.29. The molecule has 1 aromatic heterocycles. The zero-order valence-electron chi connectivity index (χ0n) is 17.1. The lowest BCUT2D eigenvalue weighted by Crippen LogP contribution is -2.31. The molecule has 0 aliphatic carbocycles. The summed E-state index contributed by atoms with van der Waals surface area (Å²) in [5, 5.41) is 3.22. The number of methoxy groups -OCH3 is 2. The van der Waals surface area contributed by atoms with Crippen LogP contribution < -0.4 is 14.8 Å². The van der Waals surface area contributed by atoms with Gasteiger partial charge in [-0.2, -0.15) is 0 Å². The van der Waals surface area contributed by atoms with Gasteiger partial charge in [0.05, 0.1) is 20.3 Å². The fourth-order valence-electron chi connectivity index (χ4n) is 3.12. The number of halogens is 1. The number of rotatable bonds is 7. The highest BCUT2D eigenvalue weighted by molar-refractivity contribution is 5.96. The van der Waals surface area contributed by atoms with Gasteiger partial charge in [0.15, 0.2) is 6.61 Å². The minimum Gasteiger partial charge on any atom is -0.497 e. The second-order valence-electron chi connectivity index (χ2n) is 6.67. The Labute approximate surface area is 172 Å². The molecule has 8 heteroatoms. The fourth-order valence-corrected chi connectivity index (χ4v) is 3.12. The van der Waals surface area contributed by atoms with Gasteiger partial charge in [-0.3, -0.25) is 4.79 Å². The number of fused-ring (bicyclic) bond motifs is 1. The van der Waals surface area contributed by atoms with Gasteiger partial charge in [0.25, 0.3) is 5.91 Å². The molecule has 0 radical (unpaired) electrons. The smallest absolute Gasteiger partial charge is 0.375 e. The van der Waals surface area contributed by atoms with Crippen LogP contribution in [0.25, 0.3) is 11.0 Å². The van der Waals surface area contributed by atoms with Crippen LogP contribution in [0.2, 0.25) is 0 Å². The number of esters is 1. The summed E-state index contributed by atoms with van der Waals surface area (Å²) in [7, 11) is 3.08. The van der Waals surface area contributed by atoms with Gasteiger partial charge in [0.2, 0.25) is 5.76 Å². The van der Waals surface area contributed by atoms with E-state index in [1.54, 1.807) is 39.2 Å². The molecule has 0 spiro atoms. The Hall–Kier alpha value is -3.55. The molecule has 0 aliphatic heterocycles. The average molecular weight is 415 g/mol. The van der Waals surface area contributed by atoms with Crippen LogP contribution in [-0.4, -0.2) is 32.7 Å². The monoisotopic (exact) mass is 415 g/mol. The molecule has 0 bridgehead atoms. The van der Waals surface area contributed by atoms with E-state index in [9.17, 15) is 14.0 Å². The largest absolute Gasteiger partial charge is 0.497 e. The average Bonchev–Trinajstić information content (AvgIpc) is 3.07. The van der Waals surface area contributed by atoms with Crippen molar-refractivity contribution in [1.82, 2.24) is 5.32 Å². The molecule has 0 fully saturated rings. The van der Waals surface area contributed by atoms with E-state index in [4.69, 9.17) is 18.6 Å². The summed E-state index contributed by atoms with van der Waals surface area (Å²) in [5.41, 5.74) is 1.53. The SMILES string of the molecule is COc1ccc(OC)c([C@H](C)NC(=O)COC(=O)c2oc3ccc(F)cc3c2C)c1. The lowest BCUT2D eigenvalue weighted by Gasteiger charge is -2.18. The Bertz CT molecular complexity index is 1090. The van der Waals surface area contributed by atoms with Crippen LogP contribution in [0.3, 0.4) is 0 Å². The van der Waals surface area contributed by atoms with Gasteiger partial charge in [-0.25, -0.2) is 9.18 Å². The molecule has 1 heterocycles. The molecule has 2 aromatic carbocycles. The molecule has 0 saturated carbocycles. The van der Waals surface area contributed by atoms with Crippen LogP contribution in [0, 0.1) is 12.7 Å². The first kappa shape index (κ1) is 21.2. The maximum atomic E-state index is 13.4. The van der Waals surface area contributed by atoms with Gasteiger partial charge in [-0.15, -0.1) is 0 Å². The maximum Gasteiger partial charge on any atom is 0.375 e. The first-order chi connectivity index (χ1) is 14.3. The van der Waals surface area contributed by atoms with Crippen molar-refractivity contribution >= 4 is 22.8 Å². The third kappa shape index (κ3) is 4.37. The highest BCUT2D eigenvalue weighted by atomic mass is 19.1. The maximum absolute atomic E-state index is 13.4. The van der Waals surface area contributed by atoms with Gasteiger partial charge >= 0.3 is 5.97 Å². The minimum absolute atomic E-state index is 0.0640. The summed E-state index contributed by atoms with van der Waals surface area (Å²) in [6.07, 6.45) is 0. The molecule has 1 atom stereocenters. The summed E-state index contributed by atoms with van der Waals surface area (Å²) < 4.78 is 34.5. The lowest BCUT2D eigenvalue weighted by molar-refractivity contribution is -0.124. The number of amides is 1. The normalized spacial score (nSPS) is 11.8. The first-order valence-corrected chi connectivity index (χ1v) is 9.21. The van der Waals surface area contributed by atoms with E-state index in [2.05, 4.69) is 5.32 Å². The second kappa shape index (κ2) is 8.86. The van der Waals surface area contributed by atoms with Crippen molar-refractivity contribution in [2.75, 3.05) is 20.8 Å². The Morgan fingerprint density at radius 2 is 1.90 bits per heavy atom. The Morgan fingerprint density at radius 3 is 2.60 bits per heavy atom. The second-order valence-corrected chi connectivity index (χ2v) is 6.67. The summed E-state index contributed by atoms with van der Waals surface area (Å²) in [6, 6.07) is 8.78. The van der Waals surface area contributed by atoms with E-state index in [1.807, 2.05) is 0 Å². The fraction of sp³-hybridized carbons (Fsp3) is 0.273. The molecular formula is C22H22FNO6. The summed E-state index contributed by atoms with van der Waals surface area (Å²) in [4.78, 5) is 24.6. The van der Waals surface area contributed by atoms with E-state index in [-0.39, 0.29) is 5.76 Å². The van der Waals surface area contributed by atoms with Crippen molar-refractivity contribution in [3.05, 3.63) is 59.1 Å². The van der Waals surface area contributed by atoms with Gasteiger partial charge in [0, 0.05) is 16.5 Å². The van der Waals surface area contributed by atoms with E-state index in [0.29, 0.717) is 33.6 Å². The molecule has 0 saturated heterocycles. The van der Waals surface area contributed by atoms with Crippen LogP contribution in [0.15, 0.2) is 40.8 Å². The lowest BCUT2D eigenvalue weighted by atomic mass is 10.1. The number of carbonyl (C=O) groups is 2. The number of ether oxygens (including phenoxy) is 3. The Kier molecular flexibility index (Phi) is 6.25. The van der Waals surface area contributed by atoms with Crippen molar-refractivity contribution < 1.29 is 32.6 Å². The number of nitrogens with one attached hydrogen (secondary N) is 1. The van der Waals surface area contributed by atoms with Crippen molar-refractivity contribution in [2.45, 2.75) is 19.9 Å². The standard InChI is InChI=1S/C22H22FNO6/c1-12-16-9-14(23)5-7-19(16)30-21(12)22(26)29-11-20(25)24-13(2)17-10-15(27-3)6-8-18(17)28-4/h5-10,13H,11H2,1-4H3,(H,24,25)/t13-/m0/s1. The summed E-state index contributed by atoms with van der Waals surface area (Å²) >= 11 is 0. The predicted molar refractivity (Wildman–Crippen MR) is 107 cm³/mol. The van der Waals surface area contributed by atoms with Crippen molar-refractivity contribution in [1.29, 1.82) is 0 Å². The zero-order chi connectivity index (χ0) is 21.8. The molecule has 30 heavy (non-hydrogen) atoms. The van der Waals surface area contributed by atoms with Gasteiger partial charge in [0.1, 0.15) is 22.9 Å². The van der Waals surface area contributed by atoms with Crippen LogP contribution in [0.4, 0.5) is 4.39 Å². The number of hydrogen-bond donors (Lipinski definition) is 1. The molecule has 0 aliphatic rings. The van der Waals surface area contributed by atoms with Crippen molar-refractivity contribution in [3.63, 3.8) is 0 Å². The third-order valence-corrected chi connectivity index (χ3v) is 4.70. The molecule has 3 aromatic rings. The Balaban J connectivity index is 1.65. The number of hydrogen-bond acceptors (Lipinski definition) is 6. The molecular weight excluding hydrogens is 393 g/mol. The highest BCUT2D eigenvalue weighted by Gasteiger charge is 2.21. The van der Waals surface area contributed by atoms with Crippen LogP contribution >= 0.6 is 0 Å². The third-order valence-electron chi connectivity index (χ3n) is 4.70. The first-order valence-electron chi connectivity index (χ1n) is 9.21. The van der Waals surface area contributed by atoms with Crippen molar-refractivity contribution in [2.24, 2.45) is 0 Å². The van der Waals surface area contributed by atoms with E-state index < -0.39 is 30.3 Å². The van der Waals surface area contributed by atoms with Crippen molar-refractivity contribution in [3.8, 4) is 11.5 Å². The quantitative estimate of drug-likeness (QED) is 0.589.